The van der Waals surface area contributed by atoms with Crippen molar-refractivity contribution >= 4 is 44.3 Å². The van der Waals surface area contributed by atoms with Crippen molar-refractivity contribution in [2.75, 3.05) is 0 Å². The van der Waals surface area contributed by atoms with Gasteiger partial charge in [0.2, 0.25) is 0 Å². The molecule has 0 aliphatic rings. The Bertz CT molecular complexity index is 1130. The summed E-state index contributed by atoms with van der Waals surface area (Å²) >= 11 is 1.12. The van der Waals surface area contributed by atoms with E-state index in [0.717, 1.165) is 21.4 Å². The lowest BCUT2D eigenvalue weighted by Gasteiger charge is -2.05. The zero-order valence-corrected chi connectivity index (χ0v) is 13.6. The summed E-state index contributed by atoms with van der Waals surface area (Å²) in [5.74, 6) is -1.46. The van der Waals surface area contributed by atoms with Crippen LogP contribution >= 0.6 is 11.3 Å². The molecule has 0 amide bonds. The highest BCUT2D eigenvalue weighted by Gasteiger charge is 2.14. The van der Waals surface area contributed by atoms with Gasteiger partial charge in [-0.25, -0.2) is 19.7 Å². The molecule has 0 atom stereocenters. The van der Waals surface area contributed by atoms with Gasteiger partial charge in [0.05, 0.1) is 5.52 Å². The maximum atomic E-state index is 12.3. The zero-order valence-electron chi connectivity index (χ0n) is 12.8. The van der Waals surface area contributed by atoms with Gasteiger partial charge in [0.15, 0.2) is 0 Å². The molecular formula is C19H10NO4S. The lowest BCUT2D eigenvalue weighted by Crippen LogP contribution is -2.10. The summed E-state index contributed by atoms with van der Waals surface area (Å²) in [6, 6.07) is 17.4. The van der Waals surface area contributed by atoms with Crippen LogP contribution in [0.5, 0.6) is 5.75 Å². The number of hydrogen-bond acceptors (Lipinski definition) is 5. The zero-order chi connectivity index (χ0) is 17.4. The van der Waals surface area contributed by atoms with Crippen LogP contribution in [0.4, 0.5) is 0 Å². The first kappa shape index (κ1) is 15.3. The van der Waals surface area contributed by atoms with Crippen molar-refractivity contribution < 1.29 is 19.4 Å². The van der Waals surface area contributed by atoms with Crippen LogP contribution in [0.25, 0.3) is 21.0 Å². The van der Waals surface area contributed by atoms with E-state index in [4.69, 9.17) is 4.74 Å². The van der Waals surface area contributed by atoms with Gasteiger partial charge < -0.3 is 4.74 Å². The van der Waals surface area contributed by atoms with E-state index in [-0.39, 0.29) is 10.6 Å². The molecular weight excluding hydrogens is 338 g/mol. The molecule has 2 aromatic carbocycles. The summed E-state index contributed by atoms with van der Waals surface area (Å²) in [5.41, 5.74) is 0.920. The van der Waals surface area contributed by atoms with Gasteiger partial charge in [-0.2, -0.15) is 0 Å². The fraction of sp³-hybridized carbons (Fsp3) is 0. The Balaban J connectivity index is 1.62. The predicted molar refractivity (Wildman–Crippen MR) is 93.5 cm³/mol. The number of esters is 1. The first-order valence-corrected chi connectivity index (χ1v) is 8.25. The number of ether oxygens (including phenoxy) is 1. The lowest BCUT2D eigenvalue weighted by atomic mass is 10.2. The Morgan fingerprint density at radius 2 is 1.76 bits per heavy atom. The molecule has 25 heavy (non-hydrogen) atoms. The van der Waals surface area contributed by atoms with Gasteiger partial charge >= 0.3 is 11.9 Å². The number of rotatable bonds is 3. The molecule has 5 nitrogen and oxygen atoms in total. The van der Waals surface area contributed by atoms with Gasteiger partial charge in [-0.3, -0.25) is 0 Å². The second kappa shape index (κ2) is 5.99. The number of fused-ring (bicyclic) bond motifs is 2. The Labute approximate surface area is 146 Å². The molecule has 121 valence electrons. The van der Waals surface area contributed by atoms with E-state index in [2.05, 4.69) is 4.98 Å². The minimum absolute atomic E-state index is 0.134. The SMILES string of the molecule is [O]C(=O)c1cc2cc(OC(=O)c3ccc4ccccc4n3)ccc2s1. The van der Waals surface area contributed by atoms with Crippen LogP contribution in [-0.4, -0.2) is 16.9 Å². The number of hydrogen-bond donors (Lipinski definition) is 0. The predicted octanol–water partition coefficient (Wildman–Crippen LogP) is 4.24. The highest BCUT2D eigenvalue weighted by molar-refractivity contribution is 7.20. The molecule has 1 radical (unpaired) electrons. The third kappa shape index (κ3) is 2.95. The lowest BCUT2D eigenvalue weighted by molar-refractivity contribution is 0.0578. The molecule has 0 aliphatic heterocycles. The van der Waals surface area contributed by atoms with Crippen LogP contribution in [0.15, 0.2) is 60.7 Å². The third-order valence-corrected chi connectivity index (χ3v) is 4.80. The van der Waals surface area contributed by atoms with E-state index in [1.807, 2.05) is 30.3 Å². The number of thiophene rings is 1. The summed E-state index contributed by atoms with van der Waals surface area (Å²) < 4.78 is 6.15. The monoisotopic (exact) mass is 348 g/mol. The van der Waals surface area contributed by atoms with Gasteiger partial charge in [-0.05, 0) is 41.8 Å². The van der Waals surface area contributed by atoms with Crippen LogP contribution in [0.2, 0.25) is 0 Å². The minimum Gasteiger partial charge on any atom is -0.422 e. The maximum Gasteiger partial charge on any atom is 0.396 e. The Morgan fingerprint density at radius 1 is 0.920 bits per heavy atom. The Kier molecular flexibility index (Phi) is 3.66. The van der Waals surface area contributed by atoms with E-state index in [0.29, 0.717) is 16.7 Å². The first-order valence-electron chi connectivity index (χ1n) is 7.43. The molecule has 4 aromatic rings. The van der Waals surface area contributed by atoms with E-state index >= 15 is 0 Å². The molecule has 0 saturated heterocycles. The summed E-state index contributed by atoms with van der Waals surface area (Å²) in [5, 5.41) is 12.6. The van der Waals surface area contributed by atoms with Crippen molar-refractivity contribution in [3.05, 3.63) is 71.2 Å². The minimum atomic E-state index is -1.22. The van der Waals surface area contributed by atoms with Crippen molar-refractivity contribution in [1.82, 2.24) is 4.98 Å². The highest BCUT2D eigenvalue weighted by atomic mass is 32.1. The van der Waals surface area contributed by atoms with Gasteiger partial charge in [0.1, 0.15) is 16.3 Å². The summed E-state index contributed by atoms with van der Waals surface area (Å²) in [6.07, 6.45) is 0. The van der Waals surface area contributed by atoms with E-state index in [9.17, 15) is 14.7 Å². The van der Waals surface area contributed by atoms with Gasteiger partial charge in [-0.1, -0.05) is 24.3 Å². The fourth-order valence-corrected chi connectivity index (χ4v) is 3.40. The van der Waals surface area contributed by atoms with Crippen molar-refractivity contribution in [2.45, 2.75) is 0 Å². The molecule has 0 unspecified atom stereocenters. The first-order chi connectivity index (χ1) is 12.1. The average Bonchev–Trinajstić information content (AvgIpc) is 3.05. The number of para-hydroxylation sites is 1. The largest absolute Gasteiger partial charge is 0.422 e. The topological polar surface area (TPSA) is 76.2 Å². The molecule has 2 heterocycles. The molecule has 2 aromatic heterocycles. The third-order valence-electron chi connectivity index (χ3n) is 3.71. The normalized spacial score (nSPS) is 10.9. The number of benzene rings is 2. The van der Waals surface area contributed by atoms with Crippen LogP contribution in [0.1, 0.15) is 20.2 Å². The molecule has 4 rings (SSSR count). The fourth-order valence-electron chi connectivity index (χ4n) is 2.52. The van der Waals surface area contributed by atoms with E-state index < -0.39 is 11.9 Å². The van der Waals surface area contributed by atoms with Crippen LogP contribution in [-0.2, 0) is 5.11 Å². The number of carbonyl (C=O) groups excluding carboxylic acids is 2. The molecule has 0 N–H and O–H groups in total. The molecule has 6 heteroatoms. The Hall–Kier alpha value is -3.25. The Morgan fingerprint density at radius 3 is 2.60 bits per heavy atom. The van der Waals surface area contributed by atoms with Crippen molar-refractivity contribution in [1.29, 1.82) is 0 Å². The number of aromatic nitrogens is 1. The molecule has 0 fully saturated rings. The van der Waals surface area contributed by atoms with Crippen molar-refractivity contribution in [3.8, 4) is 5.75 Å². The molecule has 0 spiro atoms. The molecule has 0 saturated carbocycles. The van der Waals surface area contributed by atoms with Crippen LogP contribution in [0.3, 0.4) is 0 Å². The number of nitrogens with zero attached hydrogens (tertiary/aromatic N) is 1. The standard InChI is InChI=1S/C19H10NO4S/c21-18(22)17-10-12-9-13(6-8-16(12)25-17)24-19(23)15-7-5-11-3-1-2-4-14(11)20-15/h1-10H. The maximum absolute atomic E-state index is 12.3. The summed E-state index contributed by atoms with van der Waals surface area (Å²) in [6.45, 7) is 0. The number of pyridine rings is 1. The van der Waals surface area contributed by atoms with Gasteiger partial charge in [-0.15, -0.1) is 11.3 Å². The van der Waals surface area contributed by atoms with Crippen LogP contribution < -0.4 is 4.74 Å². The second-order valence-corrected chi connectivity index (χ2v) is 6.46. The molecule has 0 aliphatic carbocycles. The quantitative estimate of drug-likeness (QED) is 0.410. The van der Waals surface area contributed by atoms with E-state index in [1.165, 1.54) is 6.07 Å². The van der Waals surface area contributed by atoms with Gasteiger partial charge in [0.25, 0.3) is 0 Å². The van der Waals surface area contributed by atoms with Crippen molar-refractivity contribution in [2.24, 2.45) is 0 Å². The van der Waals surface area contributed by atoms with Gasteiger partial charge in [0, 0.05) is 10.1 Å². The highest BCUT2D eigenvalue weighted by Crippen LogP contribution is 2.29. The number of carbonyl (C=O) groups is 2. The summed E-state index contributed by atoms with van der Waals surface area (Å²) in [4.78, 5) is 27.7. The van der Waals surface area contributed by atoms with Crippen molar-refractivity contribution in [3.63, 3.8) is 0 Å². The smallest absolute Gasteiger partial charge is 0.396 e. The second-order valence-electron chi connectivity index (χ2n) is 5.38. The molecule has 0 bridgehead atoms. The average molecular weight is 348 g/mol. The van der Waals surface area contributed by atoms with Crippen LogP contribution in [0, 0.1) is 0 Å². The summed E-state index contributed by atoms with van der Waals surface area (Å²) in [7, 11) is 0. The van der Waals surface area contributed by atoms with E-state index in [1.54, 1.807) is 24.3 Å².